The average Bonchev–Trinajstić information content (AvgIpc) is 2.67. The molecule has 0 aromatic heterocycles. The molecule has 0 aliphatic carbocycles. The van der Waals surface area contributed by atoms with E-state index in [4.69, 9.17) is 9.31 Å². The first-order chi connectivity index (χ1) is 10.9. The third-order valence-electron chi connectivity index (χ3n) is 4.21. The van der Waals surface area contributed by atoms with Gasteiger partial charge in [0.15, 0.2) is 11.6 Å². The van der Waals surface area contributed by atoms with Gasteiger partial charge in [0.25, 0.3) is 6.43 Å². The first kappa shape index (κ1) is 18.9. The van der Waals surface area contributed by atoms with Crippen LogP contribution >= 0.6 is 0 Å². The molecule has 0 atom stereocenters. The van der Waals surface area contributed by atoms with Gasteiger partial charge in [-0.1, -0.05) is 0 Å². The van der Waals surface area contributed by atoms with Gasteiger partial charge in [0.05, 0.1) is 22.3 Å². The summed E-state index contributed by atoms with van der Waals surface area (Å²) in [6, 6.07) is 0.0410. The fourth-order valence-corrected chi connectivity index (χ4v) is 2.09. The highest BCUT2D eigenvalue weighted by molar-refractivity contribution is 6.54. The Labute approximate surface area is 135 Å². The van der Waals surface area contributed by atoms with Crippen LogP contribution in [-0.4, -0.2) is 18.3 Å². The SMILES string of the molecule is CC1(C)OB(C(F)=Cc2c(F)c(F)cc(C(F)F)c2F)OC1(C)C. The van der Waals surface area contributed by atoms with E-state index in [1.54, 1.807) is 27.7 Å². The second-order valence-corrected chi connectivity index (χ2v) is 6.41. The molecule has 0 spiro atoms. The summed E-state index contributed by atoms with van der Waals surface area (Å²) in [5, 5.41) is 0. The summed E-state index contributed by atoms with van der Waals surface area (Å²) >= 11 is 0. The molecule has 0 N–H and O–H groups in total. The quantitative estimate of drug-likeness (QED) is 0.434. The third kappa shape index (κ3) is 3.19. The molecule has 1 aromatic carbocycles. The Morgan fingerprint density at radius 3 is 2.00 bits per heavy atom. The molecule has 0 bridgehead atoms. The van der Waals surface area contributed by atoms with Crippen LogP contribution in [0.15, 0.2) is 11.8 Å². The first-order valence-electron chi connectivity index (χ1n) is 7.05. The zero-order chi connectivity index (χ0) is 18.4. The summed E-state index contributed by atoms with van der Waals surface area (Å²) in [4.78, 5) is 0. The van der Waals surface area contributed by atoms with Crippen LogP contribution in [0.1, 0.15) is 45.2 Å². The van der Waals surface area contributed by atoms with Crippen LogP contribution in [-0.2, 0) is 9.31 Å². The van der Waals surface area contributed by atoms with Crippen molar-refractivity contribution in [1.29, 1.82) is 0 Å². The second-order valence-electron chi connectivity index (χ2n) is 6.41. The Morgan fingerprint density at radius 2 is 1.54 bits per heavy atom. The number of hydrogen-bond donors (Lipinski definition) is 0. The van der Waals surface area contributed by atoms with Crippen LogP contribution in [0, 0.1) is 17.5 Å². The molecule has 1 aromatic rings. The first-order valence-corrected chi connectivity index (χ1v) is 7.05. The zero-order valence-corrected chi connectivity index (χ0v) is 13.4. The van der Waals surface area contributed by atoms with Gasteiger partial charge in [-0.3, -0.25) is 0 Å². The number of rotatable bonds is 3. The predicted octanol–water partition coefficient (Wildman–Crippen LogP) is 4.98. The maximum atomic E-state index is 14.3. The molecule has 9 heteroatoms. The minimum atomic E-state index is -3.38. The van der Waals surface area contributed by atoms with E-state index in [1.807, 2.05) is 0 Å². The highest BCUT2D eigenvalue weighted by atomic mass is 19.3. The highest BCUT2D eigenvalue weighted by Gasteiger charge is 2.53. The van der Waals surface area contributed by atoms with Crippen molar-refractivity contribution in [3.63, 3.8) is 0 Å². The van der Waals surface area contributed by atoms with Crippen LogP contribution < -0.4 is 0 Å². The Hall–Kier alpha value is -1.48. The smallest absolute Gasteiger partial charge is 0.398 e. The maximum Gasteiger partial charge on any atom is 0.525 e. The van der Waals surface area contributed by atoms with Crippen molar-refractivity contribution in [3.8, 4) is 0 Å². The molecule has 0 saturated carbocycles. The molecule has 0 unspecified atom stereocenters. The fourth-order valence-electron chi connectivity index (χ4n) is 2.09. The van der Waals surface area contributed by atoms with Crippen molar-refractivity contribution in [2.24, 2.45) is 0 Å². The number of benzene rings is 1. The normalized spacial score (nSPS) is 20.1. The lowest BCUT2D eigenvalue weighted by atomic mass is 9.86. The number of alkyl halides is 2. The van der Waals surface area contributed by atoms with E-state index in [0.29, 0.717) is 0 Å². The molecule has 132 valence electrons. The third-order valence-corrected chi connectivity index (χ3v) is 4.21. The van der Waals surface area contributed by atoms with E-state index in [2.05, 4.69) is 0 Å². The van der Waals surface area contributed by atoms with E-state index < -0.39 is 59.1 Å². The van der Waals surface area contributed by atoms with Gasteiger partial charge in [0.1, 0.15) is 11.5 Å². The Balaban J connectivity index is 2.45. The summed E-state index contributed by atoms with van der Waals surface area (Å²) in [6.07, 6.45) is -3.12. The molecule has 1 aliphatic heterocycles. The lowest BCUT2D eigenvalue weighted by Gasteiger charge is -2.32. The van der Waals surface area contributed by atoms with Gasteiger partial charge in [0, 0.05) is 0 Å². The molecule has 0 amide bonds. The second kappa shape index (κ2) is 6.11. The van der Waals surface area contributed by atoms with Crippen LogP contribution in [0.25, 0.3) is 6.08 Å². The van der Waals surface area contributed by atoms with E-state index in [1.165, 1.54) is 0 Å². The van der Waals surface area contributed by atoms with Crippen LogP contribution in [0.4, 0.5) is 26.3 Å². The molecule has 2 rings (SSSR count). The van der Waals surface area contributed by atoms with Gasteiger partial charge in [0.2, 0.25) is 0 Å². The summed E-state index contributed by atoms with van der Waals surface area (Å²) < 4.78 is 91.3. The van der Waals surface area contributed by atoms with Gasteiger partial charge in [-0.15, -0.1) is 0 Å². The fraction of sp³-hybridized carbons (Fsp3) is 0.467. The van der Waals surface area contributed by atoms with Gasteiger partial charge < -0.3 is 9.31 Å². The summed E-state index contributed by atoms with van der Waals surface area (Å²) in [5.41, 5.74) is -5.72. The van der Waals surface area contributed by atoms with Crippen LogP contribution in [0.2, 0.25) is 0 Å². The Kier molecular flexibility index (Phi) is 4.80. The van der Waals surface area contributed by atoms with E-state index in [-0.39, 0.29) is 12.1 Å². The number of halogens is 6. The molecule has 0 radical (unpaired) electrons. The van der Waals surface area contributed by atoms with Gasteiger partial charge in [-0.2, -0.15) is 0 Å². The molecule has 2 nitrogen and oxygen atoms in total. The van der Waals surface area contributed by atoms with E-state index >= 15 is 0 Å². The van der Waals surface area contributed by atoms with Crippen molar-refractivity contribution < 1.29 is 35.7 Å². The summed E-state index contributed by atoms with van der Waals surface area (Å²) in [7, 11) is -1.59. The maximum absolute atomic E-state index is 14.3. The Morgan fingerprint density at radius 1 is 1.04 bits per heavy atom. The lowest BCUT2D eigenvalue weighted by molar-refractivity contribution is 0.00578. The monoisotopic (exact) mass is 352 g/mol. The zero-order valence-electron chi connectivity index (χ0n) is 13.4. The van der Waals surface area contributed by atoms with Crippen molar-refractivity contribution in [2.75, 3.05) is 0 Å². The van der Waals surface area contributed by atoms with Gasteiger partial charge >= 0.3 is 7.12 Å². The van der Waals surface area contributed by atoms with Crippen molar-refractivity contribution in [2.45, 2.75) is 45.3 Å². The van der Waals surface area contributed by atoms with Crippen molar-refractivity contribution in [3.05, 3.63) is 40.4 Å². The minimum absolute atomic E-state index is 0.0410. The minimum Gasteiger partial charge on any atom is -0.398 e. The molecule has 1 aliphatic rings. The highest BCUT2D eigenvalue weighted by Crippen LogP contribution is 2.39. The molecule has 1 saturated heterocycles. The van der Waals surface area contributed by atoms with Crippen molar-refractivity contribution in [1.82, 2.24) is 0 Å². The van der Waals surface area contributed by atoms with Gasteiger partial charge in [-0.25, -0.2) is 26.3 Å². The summed E-state index contributed by atoms with van der Waals surface area (Å²) in [5.74, 6) is -5.22. The molecular formula is C15H15BF6O2. The van der Waals surface area contributed by atoms with E-state index in [0.717, 1.165) is 0 Å². The van der Waals surface area contributed by atoms with E-state index in [9.17, 15) is 26.3 Å². The van der Waals surface area contributed by atoms with Crippen molar-refractivity contribution >= 4 is 13.2 Å². The molecule has 1 heterocycles. The standard InChI is InChI=1S/C15H15BF6O2/c1-14(2)15(3,4)24-16(23-14)10(18)6-7-11(19)8(13(21)22)5-9(17)12(7)20/h5-6,13H,1-4H3. The molecular weight excluding hydrogens is 337 g/mol. The lowest BCUT2D eigenvalue weighted by Crippen LogP contribution is -2.41. The van der Waals surface area contributed by atoms with Crippen LogP contribution in [0.3, 0.4) is 0 Å². The molecule has 24 heavy (non-hydrogen) atoms. The largest absolute Gasteiger partial charge is 0.525 e. The predicted molar refractivity (Wildman–Crippen MR) is 76.4 cm³/mol. The topological polar surface area (TPSA) is 18.5 Å². The Bertz CT molecular complexity index is 671. The van der Waals surface area contributed by atoms with Crippen LogP contribution in [0.5, 0.6) is 0 Å². The molecule has 1 fully saturated rings. The number of hydrogen-bond acceptors (Lipinski definition) is 2. The average molecular weight is 352 g/mol. The summed E-state index contributed by atoms with van der Waals surface area (Å²) in [6.45, 7) is 6.49. The van der Waals surface area contributed by atoms with Gasteiger partial charge in [-0.05, 0) is 39.8 Å².